The minimum Gasteiger partial charge on any atom is -0.465 e. The lowest BCUT2D eigenvalue weighted by Gasteiger charge is -2.22. The lowest BCUT2D eigenvalue weighted by Crippen LogP contribution is -2.34. The van der Waals surface area contributed by atoms with Gasteiger partial charge < -0.3 is 9.47 Å². The molecule has 0 unspecified atom stereocenters. The lowest BCUT2D eigenvalue weighted by atomic mass is 9.85. The minimum absolute atomic E-state index is 0.0987. The summed E-state index contributed by atoms with van der Waals surface area (Å²) in [6, 6.07) is 0. The van der Waals surface area contributed by atoms with Crippen molar-refractivity contribution in [1.82, 2.24) is 0 Å². The van der Waals surface area contributed by atoms with Crippen LogP contribution in [0.2, 0.25) is 0 Å². The topological polar surface area (TPSA) is 52.6 Å². The molecule has 4 nitrogen and oxygen atoms in total. The Labute approximate surface area is 115 Å². The van der Waals surface area contributed by atoms with Crippen LogP contribution in [0.1, 0.15) is 46.0 Å². The van der Waals surface area contributed by atoms with Crippen LogP contribution < -0.4 is 0 Å². The van der Waals surface area contributed by atoms with Crippen LogP contribution in [-0.4, -0.2) is 25.2 Å². The van der Waals surface area contributed by atoms with Gasteiger partial charge in [-0.25, -0.2) is 0 Å². The fourth-order valence-electron chi connectivity index (χ4n) is 2.37. The molecule has 0 bridgehead atoms. The molecule has 0 fully saturated rings. The summed E-state index contributed by atoms with van der Waals surface area (Å²) in [5.74, 6) is -1.83. The molecule has 108 valence electrons. The Morgan fingerprint density at radius 2 is 1.74 bits per heavy atom. The van der Waals surface area contributed by atoms with Crippen molar-refractivity contribution >= 4 is 11.9 Å². The first-order valence-electron chi connectivity index (χ1n) is 7.20. The average Bonchev–Trinajstić information content (AvgIpc) is 2.32. The number of carbonyl (C=O) groups excluding carboxylic acids is 2. The van der Waals surface area contributed by atoms with Crippen LogP contribution >= 0.6 is 0 Å². The van der Waals surface area contributed by atoms with Gasteiger partial charge in [-0.15, -0.1) is 0 Å². The minimum atomic E-state index is -0.811. The molecule has 4 heteroatoms. The third-order valence-corrected chi connectivity index (χ3v) is 3.30. The zero-order chi connectivity index (χ0) is 14.1. The molecule has 1 atom stereocenters. The third-order valence-electron chi connectivity index (χ3n) is 3.30. The molecule has 0 radical (unpaired) electrons. The van der Waals surface area contributed by atoms with Crippen molar-refractivity contribution in [1.29, 1.82) is 0 Å². The molecule has 0 N–H and O–H groups in total. The Balaban J connectivity index is 2.83. The monoisotopic (exact) mass is 268 g/mol. The summed E-state index contributed by atoms with van der Waals surface area (Å²) in [7, 11) is 0. The predicted molar refractivity (Wildman–Crippen MR) is 72.5 cm³/mol. The maximum Gasteiger partial charge on any atom is 0.320 e. The SMILES string of the molecule is CCOC(=O)C(C(=O)OCC)[C@H]1C=CCCCCC1. The molecule has 0 saturated carbocycles. The van der Waals surface area contributed by atoms with Crippen LogP contribution in [0.25, 0.3) is 0 Å². The van der Waals surface area contributed by atoms with Crippen LogP contribution in [-0.2, 0) is 19.1 Å². The molecule has 0 spiro atoms. The molecule has 1 aliphatic rings. The van der Waals surface area contributed by atoms with Gasteiger partial charge in [0.05, 0.1) is 13.2 Å². The van der Waals surface area contributed by atoms with Crippen molar-refractivity contribution in [2.75, 3.05) is 13.2 Å². The Bertz CT molecular complexity index is 304. The number of ether oxygens (including phenoxy) is 2. The van der Waals surface area contributed by atoms with Gasteiger partial charge in [0, 0.05) is 5.92 Å². The first kappa shape index (κ1) is 15.7. The summed E-state index contributed by atoms with van der Waals surface area (Å²) in [4.78, 5) is 24.0. The van der Waals surface area contributed by atoms with Gasteiger partial charge in [0.2, 0.25) is 0 Å². The quantitative estimate of drug-likeness (QED) is 0.437. The zero-order valence-corrected chi connectivity index (χ0v) is 11.9. The summed E-state index contributed by atoms with van der Waals surface area (Å²) < 4.78 is 10.0. The summed E-state index contributed by atoms with van der Waals surface area (Å²) in [6.45, 7) is 4.05. The van der Waals surface area contributed by atoms with E-state index in [2.05, 4.69) is 6.08 Å². The highest BCUT2D eigenvalue weighted by atomic mass is 16.6. The smallest absolute Gasteiger partial charge is 0.320 e. The number of rotatable bonds is 5. The standard InChI is InChI=1S/C15H24O4/c1-3-18-14(16)13(15(17)19-4-2)12-10-8-6-5-7-9-11-12/h8,10,12-13H,3-7,9,11H2,1-2H3/t12-/m0/s1. The molecule has 0 aromatic rings. The van der Waals surface area contributed by atoms with E-state index in [1.165, 1.54) is 6.42 Å². The second-order valence-electron chi connectivity index (χ2n) is 4.71. The van der Waals surface area contributed by atoms with Crippen LogP contribution in [0.5, 0.6) is 0 Å². The highest BCUT2D eigenvalue weighted by Crippen LogP contribution is 2.26. The fraction of sp³-hybridized carbons (Fsp3) is 0.733. The van der Waals surface area contributed by atoms with Gasteiger partial charge in [0.1, 0.15) is 0 Å². The summed E-state index contributed by atoms with van der Waals surface area (Å²) in [6.07, 6.45) is 9.23. The van der Waals surface area contributed by atoms with E-state index < -0.39 is 17.9 Å². The Morgan fingerprint density at radius 1 is 1.11 bits per heavy atom. The number of allylic oxidation sites excluding steroid dienone is 2. The van der Waals surface area contributed by atoms with E-state index in [0.29, 0.717) is 0 Å². The first-order chi connectivity index (χ1) is 9.20. The molecule has 0 amide bonds. The summed E-state index contributed by atoms with van der Waals surface area (Å²) >= 11 is 0. The Morgan fingerprint density at radius 3 is 2.32 bits per heavy atom. The van der Waals surface area contributed by atoms with E-state index in [1.54, 1.807) is 13.8 Å². The van der Waals surface area contributed by atoms with Gasteiger partial charge in [0.25, 0.3) is 0 Å². The molecule has 0 saturated heterocycles. The van der Waals surface area contributed by atoms with Gasteiger partial charge in [-0.05, 0) is 33.1 Å². The normalized spacial score (nSPS) is 19.6. The van der Waals surface area contributed by atoms with Crippen LogP contribution in [0.15, 0.2) is 12.2 Å². The van der Waals surface area contributed by atoms with E-state index in [-0.39, 0.29) is 19.1 Å². The van der Waals surface area contributed by atoms with E-state index in [0.717, 1.165) is 25.7 Å². The maximum absolute atomic E-state index is 12.0. The molecule has 0 aliphatic heterocycles. The second kappa shape index (κ2) is 8.73. The fourth-order valence-corrected chi connectivity index (χ4v) is 2.37. The average molecular weight is 268 g/mol. The molecular formula is C15H24O4. The molecule has 19 heavy (non-hydrogen) atoms. The van der Waals surface area contributed by atoms with Gasteiger partial charge in [-0.1, -0.05) is 25.0 Å². The Kier molecular flexibility index (Phi) is 7.23. The third kappa shape index (κ3) is 5.05. The molecule has 1 aliphatic carbocycles. The number of carbonyl (C=O) groups is 2. The van der Waals surface area contributed by atoms with Crippen molar-refractivity contribution in [3.8, 4) is 0 Å². The summed E-state index contributed by atoms with van der Waals surface area (Å²) in [5, 5.41) is 0. The zero-order valence-electron chi connectivity index (χ0n) is 11.9. The van der Waals surface area contributed by atoms with Gasteiger partial charge in [0.15, 0.2) is 5.92 Å². The summed E-state index contributed by atoms with van der Waals surface area (Å²) in [5.41, 5.74) is 0. The van der Waals surface area contributed by atoms with Gasteiger partial charge in [-0.3, -0.25) is 9.59 Å². The highest BCUT2D eigenvalue weighted by molar-refractivity contribution is 5.95. The maximum atomic E-state index is 12.0. The highest BCUT2D eigenvalue weighted by Gasteiger charge is 2.35. The van der Waals surface area contributed by atoms with E-state index in [1.807, 2.05) is 6.08 Å². The van der Waals surface area contributed by atoms with E-state index in [9.17, 15) is 9.59 Å². The number of hydrogen-bond acceptors (Lipinski definition) is 4. The molecule has 0 heterocycles. The van der Waals surface area contributed by atoms with Crippen LogP contribution in [0, 0.1) is 11.8 Å². The Hall–Kier alpha value is -1.32. The van der Waals surface area contributed by atoms with E-state index in [4.69, 9.17) is 9.47 Å². The first-order valence-corrected chi connectivity index (χ1v) is 7.20. The van der Waals surface area contributed by atoms with Crippen LogP contribution in [0.4, 0.5) is 0 Å². The molecule has 0 aromatic heterocycles. The largest absolute Gasteiger partial charge is 0.465 e. The van der Waals surface area contributed by atoms with Crippen molar-refractivity contribution in [2.45, 2.75) is 46.0 Å². The molecule has 0 aromatic carbocycles. The molecular weight excluding hydrogens is 244 g/mol. The van der Waals surface area contributed by atoms with Crippen LogP contribution in [0.3, 0.4) is 0 Å². The van der Waals surface area contributed by atoms with Gasteiger partial charge >= 0.3 is 11.9 Å². The van der Waals surface area contributed by atoms with Crippen molar-refractivity contribution in [3.05, 3.63) is 12.2 Å². The number of esters is 2. The predicted octanol–water partition coefficient (Wildman–Crippen LogP) is 2.87. The molecule has 1 rings (SSSR count). The van der Waals surface area contributed by atoms with Crippen molar-refractivity contribution in [3.63, 3.8) is 0 Å². The van der Waals surface area contributed by atoms with Crippen molar-refractivity contribution in [2.24, 2.45) is 11.8 Å². The second-order valence-corrected chi connectivity index (χ2v) is 4.71. The van der Waals surface area contributed by atoms with Gasteiger partial charge in [-0.2, -0.15) is 0 Å². The van der Waals surface area contributed by atoms with Crippen molar-refractivity contribution < 1.29 is 19.1 Å². The van der Waals surface area contributed by atoms with E-state index >= 15 is 0 Å². The lowest BCUT2D eigenvalue weighted by molar-refractivity contribution is -0.163. The number of hydrogen-bond donors (Lipinski definition) is 0.